The van der Waals surface area contributed by atoms with Gasteiger partial charge in [0.15, 0.2) is 5.78 Å². The number of nitrogens with zero attached hydrogens (tertiary/aromatic N) is 1. The van der Waals surface area contributed by atoms with Gasteiger partial charge >= 0.3 is 7.82 Å². The number of ketones is 1. The van der Waals surface area contributed by atoms with Crippen molar-refractivity contribution in [1.29, 1.82) is 0 Å². The highest BCUT2D eigenvalue weighted by atomic mass is 31.2. The highest BCUT2D eigenvalue weighted by Gasteiger charge is 2.47. The molecule has 1 saturated heterocycles. The zero-order valence-corrected chi connectivity index (χ0v) is 18.9. The lowest BCUT2D eigenvalue weighted by Crippen LogP contribution is -2.47. The Kier molecular flexibility index (Phi) is 8.48. The van der Waals surface area contributed by atoms with Gasteiger partial charge in [0.1, 0.15) is 35.8 Å². The number of nitrogens with two attached hydrogens (primary N) is 1. The average Bonchev–Trinajstić information content (AvgIpc) is 3.01. The highest BCUT2D eigenvalue weighted by molar-refractivity contribution is 7.46. The van der Waals surface area contributed by atoms with E-state index >= 15 is 0 Å². The molecule has 3 aliphatic rings. The number of hydrogen-bond donors (Lipinski definition) is 6. The molecular weight excluding hydrogens is 441 g/mol. The predicted octanol–water partition coefficient (Wildman–Crippen LogP) is 0.260. The van der Waals surface area contributed by atoms with Crippen molar-refractivity contribution in [3.05, 3.63) is 12.3 Å². The van der Waals surface area contributed by atoms with Gasteiger partial charge in [0.25, 0.3) is 0 Å². The second kappa shape index (κ2) is 10.7. The van der Waals surface area contributed by atoms with Crippen LogP contribution in [0.1, 0.15) is 57.8 Å². The number of phosphoric ester groups is 1. The molecule has 1 aliphatic carbocycles. The van der Waals surface area contributed by atoms with E-state index in [-0.39, 0.29) is 17.7 Å². The Hall–Kier alpha value is -1.33. The molecule has 2 fully saturated rings. The Morgan fingerprint density at radius 1 is 1.19 bits per heavy atom. The van der Waals surface area contributed by atoms with Crippen molar-refractivity contribution in [3.8, 4) is 0 Å². The number of hydrogen-bond acceptors (Lipinski definition) is 9. The third-order valence-corrected chi connectivity index (χ3v) is 6.99. The molecule has 12 heteroatoms. The molecule has 11 nitrogen and oxygen atoms in total. The van der Waals surface area contributed by atoms with Gasteiger partial charge in [-0.15, -0.1) is 0 Å². The number of rotatable bonds is 4. The molecule has 6 atom stereocenters. The van der Waals surface area contributed by atoms with Crippen LogP contribution in [0.2, 0.25) is 0 Å². The summed E-state index contributed by atoms with van der Waals surface area (Å²) in [7, 11) is -4.73. The van der Waals surface area contributed by atoms with E-state index in [4.69, 9.17) is 20.3 Å². The molecule has 6 unspecified atom stereocenters. The topological polar surface area (TPSA) is 184 Å². The second-order valence-corrected chi connectivity index (χ2v) is 10.1. The first-order valence-electron chi connectivity index (χ1n) is 11.1. The number of amidine groups is 1. The molecule has 0 amide bonds. The van der Waals surface area contributed by atoms with Gasteiger partial charge in [0.2, 0.25) is 0 Å². The third-order valence-electron chi connectivity index (χ3n) is 6.50. The van der Waals surface area contributed by atoms with Gasteiger partial charge in [-0.05, 0) is 25.3 Å². The SMILES string of the molecule is NC1=NC2(CCCCCCCC(C3OC(COP(=O)(O)O)C(O)C3O)NC=C1)CCC2=O. The van der Waals surface area contributed by atoms with E-state index in [9.17, 15) is 19.6 Å². The molecule has 2 aliphatic heterocycles. The number of nitrogens with one attached hydrogen (secondary N) is 1. The quantitative estimate of drug-likeness (QED) is 0.308. The van der Waals surface area contributed by atoms with Gasteiger partial charge in [-0.1, -0.05) is 32.1 Å². The van der Waals surface area contributed by atoms with E-state index in [1.165, 1.54) is 0 Å². The third kappa shape index (κ3) is 6.38. The van der Waals surface area contributed by atoms with Crippen molar-refractivity contribution in [2.24, 2.45) is 10.7 Å². The molecule has 1 spiro atoms. The van der Waals surface area contributed by atoms with Crippen LogP contribution in [0.3, 0.4) is 0 Å². The lowest BCUT2D eigenvalue weighted by Gasteiger charge is -2.36. The largest absolute Gasteiger partial charge is 0.469 e. The number of phosphoric acid groups is 1. The molecular formula is C20H34N3O8P. The lowest BCUT2D eigenvalue weighted by molar-refractivity contribution is -0.131. The van der Waals surface area contributed by atoms with E-state index in [1.54, 1.807) is 12.3 Å². The van der Waals surface area contributed by atoms with Gasteiger partial charge in [-0.2, -0.15) is 0 Å². The Morgan fingerprint density at radius 3 is 2.56 bits per heavy atom. The maximum absolute atomic E-state index is 12.2. The van der Waals surface area contributed by atoms with Crippen molar-refractivity contribution in [1.82, 2.24) is 5.32 Å². The van der Waals surface area contributed by atoms with Gasteiger partial charge in [0, 0.05) is 12.6 Å². The fourth-order valence-electron chi connectivity index (χ4n) is 4.57. The lowest BCUT2D eigenvalue weighted by atomic mass is 9.72. The Bertz CT molecular complexity index is 772. The summed E-state index contributed by atoms with van der Waals surface area (Å²) in [6.07, 6.45) is 5.99. The monoisotopic (exact) mass is 475 g/mol. The summed E-state index contributed by atoms with van der Waals surface area (Å²) < 4.78 is 21.1. The zero-order valence-electron chi connectivity index (χ0n) is 18.0. The molecule has 2 heterocycles. The van der Waals surface area contributed by atoms with Crippen LogP contribution in [0.4, 0.5) is 0 Å². The van der Waals surface area contributed by atoms with Crippen LogP contribution >= 0.6 is 7.82 Å². The molecule has 0 aromatic rings. The first-order chi connectivity index (χ1) is 15.1. The van der Waals surface area contributed by atoms with Gasteiger partial charge in [0.05, 0.1) is 12.6 Å². The molecule has 182 valence electrons. The van der Waals surface area contributed by atoms with Crippen LogP contribution < -0.4 is 11.1 Å². The van der Waals surface area contributed by atoms with Crippen LogP contribution in [-0.4, -0.2) is 74.2 Å². The number of aliphatic imine (C=N–C) groups is 1. The zero-order chi connectivity index (χ0) is 23.4. The maximum atomic E-state index is 12.2. The Labute approximate surface area is 187 Å². The summed E-state index contributed by atoms with van der Waals surface area (Å²) >= 11 is 0. The number of aliphatic hydroxyl groups is 2. The number of carbonyl (C=O) groups is 1. The van der Waals surface area contributed by atoms with E-state index < -0.39 is 44.4 Å². The first kappa shape index (κ1) is 25.3. The fourth-order valence-corrected chi connectivity index (χ4v) is 4.91. The molecule has 0 radical (unpaired) electrons. The second-order valence-electron chi connectivity index (χ2n) is 8.81. The molecule has 0 aromatic carbocycles. The predicted molar refractivity (Wildman–Crippen MR) is 116 cm³/mol. The van der Waals surface area contributed by atoms with Crippen LogP contribution in [0.15, 0.2) is 17.3 Å². The summed E-state index contributed by atoms with van der Waals surface area (Å²) in [4.78, 5) is 34.5. The van der Waals surface area contributed by atoms with Crippen LogP contribution in [0.5, 0.6) is 0 Å². The van der Waals surface area contributed by atoms with E-state index in [0.29, 0.717) is 25.7 Å². The smallest absolute Gasteiger partial charge is 0.388 e. The molecule has 3 rings (SSSR count). The number of ether oxygens (including phenoxy) is 1. The minimum absolute atomic E-state index is 0.131. The molecule has 1 saturated carbocycles. The minimum Gasteiger partial charge on any atom is -0.388 e. The molecule has 0 aromatic heterocycles. The van der Waals surface area contributed by atoms with Crippen LogP contribution in [0.25, 0.3) is 0 Å². The molecule has 7 N–H and O–H groups in total. The van der Waals surface area contributed by atoms with Crippen molar-refractivity contribution in [3.63, 3.8) is 0 Å². The van der Waals surface area contributed by atoms with Crippen LogP contribution in [-0.2, 0) is 18.6 Å². The number of carbonyl (C=O) groups excluding carboxylic acids is 1. The van der Waals surface area contributed by atoms with E-state index in [2.05, 4.69) is 14.8 Å². The number of Topliss-reactive ketones (excluding diaryl/α,β-unsaturated/α-hetero) is 1. The summed E-state index contributed by atoms with van der Waals surface area (Å²) in [5.41, 5.74) is 5.35. The van der Waals surface area contributed by atoms with Crippen LogP contribution in [0, 0.1) is 0 Å². The average molecular weight is 475 g/mol. The van der Waals surface area contributed by atoms with Crippen molar-refractivity contribution < 1.29 is 38.6 Å². The van der Waals surface area contributed by atoms with Crippen molar-refractivity contribution in [2.75, 3.05) is 6.61 Å². The molecule has 0 bridgehead atoms. The Morgan fingerprint density at radius 2 is 1.91 bits per heavy atom. The number of aliphatic hydroxyl groups excluding tert-OH is 2. The van der Waals surface area contributed by atoms with E-state index in [1.807, 2.05) is 0 Å². The summed E-state index contributed by atoms with van der Waals surface area (Å²) in [6, 6.07) is -0.383. The summed E-state index contributed by atoms with van der Waals surface area (Å²) in [6.45, 7) is -0.544. The fraction of sp³-hybridized carbons (Fsp3) is 0.800. The van der Waals surface area contributed by atoms with Crippen molar-refractivity contribution in [2.45, 2.75) is 93.8 Å². The molecule has 32 heavy (non-hydrogen) atoms. The van der Waals surface area contributed by atoms with E-state index in [0.717, 1.165) is 32.1 Å². The Balaban J connectivity index is 1.69. The minimum atomic E-state index is -4.73. The van der Waals surface area contributed by atoms with Crippen molar-refractivity contribution >= 4 is 19.4 Å². The highest BCUT2D eigenvalue weighted by Crippen LogP contribution is 2.38. The first-order valence-corrected chi connectivity index (χ1v) is 12.7. The summed E-state index contributed by atoms with van der Waals surface area (Å²) in [5, 5.41) is 23.9. The van der Waals surface area contributed by atoms with Gasteiger partial charge < -0.3 is 35.8 Å². The standard InChI is InChI=1S/C20H34N3O8P/c21-16-8-11-22-13(19-18(26)17(25)14(31-19)12-30-32(27,28)29)6-4-2-1-3-5-9-20(23-16)10-7-15(20)24/h8,11,13-14,17-19,22,25-26H,1-7,9-10,12H2,(H2,21,23)(H2,27,28,29). The normalized spacial score (nSPS) is 37.4. The summed E-state index contributed by atoms with van der Waals surface area (Å²) in [5.74, 6) is 0.369. The maximum Gasteiger partial charge on any atom is 0.469 e. The van der Waals surface area contributed by atoms with Gasteiger partial charge in [-0.3, -0.25) is 14.3 Å². The van der Waals surface area contributed by atoms with Gasteiger partial charge in [-0.25, -0.2) is 4.57 Å².